The van der Waals surface area contributed by atoms with E-state index >= 15 is 0 Å². The largest absolute Gasteiger partial charge is 0.368 e. The topological polar surface area (TPSA) is 15.3 Å². The Morgan fingerprint density at radius 2 is 1.72 bits per heavy atom. The maximum atomic E-state index is 3.40. The van der Waals surface area contributed by atoms with Gasteiger partial charge >= 0.3 is 0 Å². The average Bonchev–Trinajstić information content (AvgIpc) is 2.49. The smallest absolute Gasteiger partial charge is 0.0527 e. The Morgan fingerprint density at radius 1 is 0.944 bits per heavy atom. The van der Waals surface area contributed by atoms with E-state index in [-0.39, 0.29) is 0 Å². The van der Waals surface area contributed by atoms with Crippen LogP contribution in [0.15, 0.2) is 48.5 Å². The highest BCUT2D eigenvalue weighted by Crippen LogP contribution is 2.30. The van der Waals surface area contributed by atoms with Crippen molar-refractivity contribution in [3.63, 3.8) is 0 Å². The molecular weight excluding hydrogens is 220 g/mol. The standard InChI is InChI=1S/C16H17N2/c1-2-6-14(7-3-1)15-8-4-5-9-16(15)18-12-10-17-11-13-18/h1-8,17H,10-13H2. The van der Waals surface area contributed by atoms with Crippen LogP contribution in [-0.2, 0) is 0 Å². The molecule has 18 heavy (non-hydrogen) atoms. The minimum atomic E-state index is 1.05. The quantitative estimate of drug-likeness (QED) is 0.863. The summed E-state index contributed by atoms with van der Waals surface area (Å²) in [7, 11) is 0. The fourth-order valence-corrected chi connectivity index (χ4v) is 2.43. The minimum absolute atomic E-state index is 1.05. The number of nitrogens with one attached hydrogen (secondary N) is 1. The number of anilines is 1. The van der Waals surface area contributed by atoms with Crippen molar-refractivity contribution in [3.05, 3.63) is 54.6 Å². The monoisotopic (exact) mass is 237 g/mol. The van der Waals surface area contributed by atoms with Crippen molar-refractivity contribution in [2.24, 2.45) is 0 Å². The molecule has 2 nitrogen and oxygen atoms in total. The second kappa shape index (κ2) is 5.23. The van der Waals surface area contributed by atoms with Gasteiger partial charge in [0.2, 0.25) is 0 Å². The van der Waals surface area contributed by atoms with Crippen LogP contribution in [0.5, 0.6) is 0 Å². The van der Waals surface area contributed by atoms with Crippen LogP contribution in [0.4, 0.5) is 5.69 Å². The van der Waals surface area contributed by atoms with Gasteiger partial charge in [0.25, 0.3) is 0 Å². The molecule has 0 aliphatic carbocycles. The molecular formula is C16H17N2. The highest BCUT2D eigenvalue weighted by molar-refractivity contribution is 5.78. The number of para-hydroxylation sites is 1. The molecule has 1 radical (unpaired) electrons. The van der Waals surface area contributed by atoms with Gasteiger partial charge in [0.15, 0.2) is 0 Å². The predicted molar refractivity (Wildman–Crippen MR) is 75.8 cm³/mol. The maximum Gasteiger partial charge on any atom is 0.0527 e. The molecule has 2 aromatic rings. The van der Waals surface area contributed by atoms with Crippen molar-refractivity contribution in [2.45, 2.75) is 0 Å². The van der Waals surface area contributed by atoms with E-state index in [1.165, 1.54) is 16.8 Å². The molecule has 0 amide bonds. The van der Waals surface area contributed by atoms with Crippen LogP contribution in [0.25, 0.3) is 11.1 Å². The molecule has 0 atom stereocenters. The van der Waals surface area contributed by atoms with Crippen molar-refractivity contribution >= 4 is 5.69 Å². The zero-order valence-electron chi connectivity index (χ0n) is 10.4. The fraction of sp³-hybridized carbons (Fsp3) is 0.250. The third-order valence-electron chi connectivity index (χ3n) is 3.35. The molecule has 1 aliphatic heterocycles. The van der Waals surface area contributed by atoms with Crippen molar-refractivity contribution in [3.8, 4) is 11.1 Å². The van der Waals surface area contributed by atoms with Crippen LogP contribution >= 0.6 is 0 Å². The van der Waals surface area contributed by atoms with Gasteiger partial charge in [0, 0.05) is 37.8 Å². The number of hydrogen-bond acceptors (Lipinski definition) is 2. The van der Waals surface area contributed by atoms with Crippen molar-refractivity contribution < 1.29 is 0 Å². The lowest BCUT2D eigenvalue weighted by Gasteiger charge is -2.31. The van der Waals surface area contributed by atoms with E-state index in [2.05, 4.69) is 58.7 Å². The molecule has 0 unspecified atom stereocenters. The van der Waals surface area contributed by atoms with Gasteiger partial charge in [-0.1, -0.05) is 48.5 Å². The van der Waals surface area contributed by atoms with Gasteiger partial charge in [-0.2, -0.15) is 0 Å². The van der Waals surface area contributed by atoms with Crippen LogP contribution in [0, 0.1) is 6.07 Å². The van der Waals surface area contributed by atoms with Gasteiger partial charge in [-0.05, 0) is 5.56 Å². The first kappa shape index (κ1) is 11.3. The highest BCUT2D eigenvalue weighted by Gasteiger charge is 2.14. The average molecular weight is 237 g/mol. The first-order chi connectivity index (χ1) is 8.95. The number of benzene rings is 2. The molecule has 0 aromatic heterocycles. The summed E-state index contributed by atoms with van der Waals surface area (Å²) < 4.78 is 0. The van der Waals surface area contributed by atoms with Crippen LogP contribution < -0.4 is 10.2 Å². The van der Waals surface area contributed by atoms with E-state index in [1.54, 1.807) is 0 Å². The summed E-state index contributed by atoms with van der Waals surface area (Å²) in [6, 6.07) is 20.2. The van der Waals surface area contributed by atoms with E-state index in [0.717, 1.165) is 26.2 Å². The summed E-state index contributed by atoms with van der Waals surface area (Å²) >= 11 is 0. The van der Waals surface area contributed by atoms with Gasteiger partial charge < -0.3 is 10.2 Å². The van der Waals surface area contributed by atoms with Crippen LogP contribution in [0.1, 0.15) is 0 Å². The SMILES string of the molecule is [c]1cccc(-c2ccccc2)c1N1CCNCC1. The van der Waals surface area contributed by atoms with E-state index < -0.39 is 0 Å². The third-order valence-corrected chi connectivity index (χ3v) is 3.35. The zero-order valence-corrected chi connectivity index (χ0v) is 10.4. The van der Waals surface area contributed by atoms with Crippen molar-refractivity contribution in [2.75, 3.05) is 31.1 Å². The number of hydrogen-bond donors (Lipinski definition) is 1. The molecule has 3 rings (SSSR count). The summed E-state index contributed by atoms with van der Waals surface area (Å²) in [5.41, 5.74) is 3.77. The first-order valence-electron chi connectivity index (χ1n) is 6.47. The fourth-order valence-electron chi connectivity index (χ4n) is 2.43. The molecule has 1 N–H and O–H groups in total. The lowest BCUT2D eigenvalue weighted by molar-refractivity contribution is 0.589. The molecule has 1 heterocycles. The molecule has 1 fully saturated rings. The summed E-state index contributed by atoms with van der Waals surface area (Å²) in [5.74, 6) is 0. The van der Waals surface area contributed by atoms with E-state index in [0.29, 0.717) is 0 Å². The van der Waals surface area contributed by atoms with Gasteiger partial charge in [-0.15, -0.1) is 0 Å². The summed E-state index contributed by atoms with van der Waals surface area (Å²) in [6.45, 7) is 4.22. The Kier molecular flexibility index (Phi) is 3.29. The van der Waals surface area contributed by atoms with Crippen LogP contribution in [0.3, 0.4) is 0 Å². The van der Waals surface area contributed by atoms with E-state index in [1.807, 2.05) is 6.07 Å². The first-order valence-corrected chi connectivity index (χ1v) is 6.47. The number of piperazine rings is 1. The lowest BCUT2D eigenvalue weighted by Crippen LogP contribution is -2.43. The molecule has 0 saturated carbocycles. The second-order valence-corrected chi connectivity index (χ2v) is 4.54. The normalized spacial score (nSPS) is 15.7. The second-order valence-electron chi connectivity index (χ2n) is 4.54. The van der Waals surface area contributed by atoms with Gasteiger partial charge in [-0.3, -0.25) is 0 Å². The van der Waals surface area contributed by atoms with Crippen molar-refractivity contribution in [1.82, 2.24) is 5.32 Å². The van der Waals surface area contributed by atoms with E-state index in [9.17, 15) is 0 Å². The van der Waals surface area contributed by atoms with Gasteiger partial charge in [0.1, 0.15) is 0 Å². The minimum Gasteiger partial charge on any atom is -0.368 e. The Bertz CT molecular complexity index is 502. The Hall–Kier alpha value is -1.80. The number of nitrogens with zero attached hydrogens (tertiary/aromatic N) is 1. The molecule has 1 aliphatic rings. The number of rotatable bonds is 2. The molecule has 0 bridgehead atoms. The summed E-state index contributed by atoms with van der Waals surface area (Å²) in [5, 5.41) is 3.39. The van der Waals surface area contributed by atoms with Crippen molar-refractivity contribution in [1.29, 1.82) is 0 Å². The van der Waals surface area contributed by atoms with E-state index in [4.69, 9.17) is 0 Å². The zero-order chi connectivity index (χ0) is 12.2. The molecule has 2 aromatic carbocycles. The Labute approximate surface area is 108 Å². The molecule has 91 valence electrons. The van der Waals surface area contributed by atoms with Crippen LogP contribution in [0.2, 0.25) is 0 Å². The van der Waals surface area contributed by atoms with Gasteiger partial charge in [-0.25, -0.2) is 0 Å². The molecule has 2 heteroatoms. The third kappa shape index (κ3) is 2.24. The maximum absolute atomic E-state index is 3.40. The molecule has 1 saturated heterocycles. The summed E-state index contributed by atoms with van der Waals surface area (Å²) in [4.78, 5) is 2.42. The predicted octanol–water partition coefficient (Wildman–Crippen LogP) is 2.56. The van der Waals surface area contributed by atoms with Crippen LogP contribution in [-0.4, -0.2) is 26.2 Å². The highest BCUT2D eigenvalue weighted by atomic mass is 15.2. The van der Waals surface area contributed by atoms with Gasteiger partial charge in [0.05, 0.1) is 5.69 Å². The Balaban J connectivity index is 1.99. The molecule has 0 spiro atoms. The Morgan fingerprint density at radius 3 is 2.50 bits per heavy atom. The summed E-state index contributed by atoms with van der Waals surface area (Å²) in [6.07, 6.45) is 0. The lowest BCUT2D eigenvalue weighted by atomic mass is 10.0.